The molecule has 0 aromatic heterocycles. The Labute approximate surface area is 147 Å². The molecule has 0 fully saturated rings. The van der Waals surface area contributed by atoms with E-state index in [9.17, 15) is 9.59 Å². The molecule has 0 atom stereocenters. The number of hydrogen-bond acceptors (Lipinski definition) is 4. The monoisotopic (exact) mass is 336 g/mol. The molecule has 0 bridgehead atoms. The minimum absolute atomic E-state index is 0.170. The molecule has 2 aromatic rings. The Morgan fingerprint density at radius 1 is 1.16 bits per heavy atom. The van der Waals surface area contributed by atoms with Crippen molar-refractivity contribution in [2.75, 3.05) is 0 Å². The third-order valence-corrected chi connectivity index (χ3v) is 4.02. The summed E-state index contributed by atoms with van der Waals surface area (Å²) in [6.45, 7) is 5.62. The fraction of sp³-hybridized carbons (Fsp3) is 0.238. The minimum Gasteiger partial charge on any atom is -0.452 e. The summed E-state index contributed by atoms with van der Waals surface area (Å²) in [5.74, 6) is 0.338. The molecule has 0 unspecified atom stereocenters. The first-order valence-corrected chi connectivity index (χ1v) is 8.37. The molecule has 3 rings (SSSR count). The Bertz CT molecular complexity index is 845. The van der Waals surface area contributed by atoms with Crippen LogP contribution in [0.4, 0.5) is 0 Å². The highest BCUT2D eigenvalue weighted by Crippen LogP contribution is 2.35. The quantitative estimate of drug-likeness (QED) is 0.471. The number of benzene rings is 2. The van der Waals surface area contributed by atoms with Gasteiger partial charge in [0.15, 0.2) is 5.76 Å². The molecule has 25 heavy (non-hydrogen) atoms. The van der Waals surface area contributed by atoms with E-state index in [1.165, 1.54) is 5.56 Å². The molecule has 0 spiro atoms. The SMILES string of the molecule is CCc1ccc(C=C2Oc3cc(OC(=O)C(C)C)ccc3C2=O)cc1. The fourth-order valence-corrected chi connectivity index (χ4v) is 2.47. The van der Waals surface area contributed by atoms with Crippen LogP contribution in [0.15, 0.2) is 48.2 Å². The van der Waals surface area contributed by atoms with Crippen LogP contribution in [0.2, 0.25) is 0 Å². The van der Waals surface area contributed by atoms with Gasteiger partial charge in [0.2, 0.25) is 5.78 Å². The van der Waals surface area contributed by atoms with Crippen molar-refractivity contribution in [3.05, 3.63) is 64.9 Å². The van der Waals surface area contributed by atoms with Gasteiger partial charge in [0, 0.05) is 6.07 Å². The molecule has 1 aliphatic rings. The Hall–Kier alpha value is -2.88. The molecule has 2 aromatic carbocycles. The molecule has 0 saturated carbocycles. The predicted octanol–water partition coefficient (Wildman–Crippen LogP) is 4.43. The van der Waals surface area contributed by atoms with E-state index in [4.69, 9.17) is 9.47 Å². The van der Waals surface area contributed by atoms with Crippen LogP contribution in [0.5, 0.6) is 11.5 Å². The number of aryl methyl sites for hydroxylation is 1. The van der Waals surface area contributed by atoms with Crippen LogP contribution in [-0.4, -0.2) is 11.8 Å². The van der Waals surface area contributed by atoms with Crippen LogP contribution in [0.25, 0.3) is 6.08 Å². The molecule has 0 amide bonds. The zero-order valence-electron chi connectivity index (χ0n) is 14.5. The van der Waals surface area contributed by atoms with Crippen molar-refractivity contribution in [3.63, 3.8) is 0 Å². The van der Waals surface area contributed by atoms with Crippen LogP contribution < -0.4 is 9.47 Å². The van der Waals surface area contributed by atoms with Gasteiger partial charge in [-0.1, -0.05) is 45.0 Å². The van der Waals surface area contributed by atoms with Gasteiger partial charge in [-0.2, -0.15) is 0 Å². The lowest BCUT2D eigenvalue weighted by atomic mass is 10.1. The van der Waals surface area contributed by atoms with Gasteiger partial charge in [-0.15, -0.1) is 0 Å². The number of ether oxygens (including phenoxy) is 2. The molecule has 0 aliphatic carbocycles. The van der Waals surface area contributed by atoms with E-state index in [1.807, 2.05) is 24.3 Å². The molecule has 0 saturated heterocycles. The van der Waals surface area contributed by atoms with Gasteiger partial charge < -0.3 is 9.47 Å². The highest BCUT2D eigenvalue weighted by molar-refractivity contribution is 6.14. The second-order valence-corrected chi connectivity index (χ2v) is 6.27. The molecular weight excluding hydrogens is 316 g/mol. The van der Waals surface area contributed by atoms with Crippen molar-refractivity contribution in [2.24, 2.45) is 5.92 Å². The van der Waals surface area contributed by atoms with Gasteiger partial charge in [-0.05, 0) is 35.8 Å². The minimum atomic E-state index is -0.323. The molecule has 4 heteroatoms. The van der Waals surface area contributed by atoms with E-state index in [0.29, 0.717) is 17.1 Å². The van der Waals surface area contributed by atoms with E-state index in [2.05, 4.69) is 6.92 Å². The molecule has 0 radical (unpaired) electrons. The molecular formula is C21H20O4. The number of ketones is 1. The molecule has 128 valence electrons. The number of allylic oxidation sites excluding steroid dienone is 1. The predicted molar refractivity (Wildman–Crippen MR) is 95.7 cm³/mol. The molecule has 1 heterocycles. The summed E-state index contributed by atoms with van der Waals surface area (Å²) in [6, 6.07) is 12.8. The lowest BCUT2D eigenvalue weighted by molar-refractivity contribution is -0.137. The summed E-state index contributed by atoms with van der Waals surface area (Å²) in [5.41, 5.74) is 2.61. The number of rotatable bonds is 4. The number of esters is 1. The van der Waals surface area contributed by atoms with E-state index < -0.39 is 0 Å². The van der Waals surface area contributed by atoms with E-state index in [-0.39, 0.29) is 23.4 Å². The summed E-state index contributed by atoms with van der Waals surface area (Å²) in [6.07, 6.45) is 2.69. The van der Waals surface area contributed by atoms with Gasteiger partial charge in [0.05, 0.1) is 11.5 Å². The summed E-state index contributed by atoms with van der Waals surface area (Å²) < 4.78 is 10.9. The van der Waals surface area contributed by atoms with Crippen molar-refractivity contribution in [1.82, 2.24) is 0 Å². The van der Waals surface area contributed by atoms with Crippen LogP contribution in [0, 0.1) is 5.92 Å². The average Bonchev–Trinajstić information content (AvgIpc) is 2.91. The summed E-state index contributed by atoms with van der Waals surface area (Å²) in [5, 5.41) is 0. The first kappa shape index (κ1) is 17.0. The highest BCUT2D eigenvalue weighted by Gasteiger charge is 2.28. The first-order chi connectivity index (χ1) is 12.0. The first-order valence-electron chi connectivity index (χ1n) is 8.37. The van der Waals surface area contributed by atoms with E-state index in [0.717, 1.165) is 12.0 Å². The maximum Gasteiger partial charge on any atom is 0.313 e. The number of Topliss-reactive ketones (excluding diaryl/α,β-unsaturated/α-hetero) is 1. The van der Waals surface area contributed by atoms with E-state index >= 15 is 0 Å². The van der Waals surface area contributed by atoms with Crippen molar-refractivity contribution >= 4 is 17.8 Å². The third-order valence-electron chi connectivity index (χ3n) is 4.02. The number of carbonyl (C=O) groups is 2. The van der Waals surface area contributed by atoms with Crippen molar-refractivity contribution in [2.45, 2.75) is 27.2 Å². The van der Waals surface area contributed by atoms with Gasteiger partial charge in [0.1, 0.15) is 11.5 Å². The van der Waals surface area contributed by atoms with Crippen molar-refractivity contribution in [3.8, 4) is 11.5 Å². The summed E-state index contributed by atoms with van der Waals surface area (Å²) >= 11 is 0. The largest absolute Gasteiger partial charge is 0.452 e. The molecule has 0 N–H and O–H groups in total. The number of carbonyl (C=O) groups excluding carboxylic acids is 2. The lowest BCUT2D eigenvalue weighted by Gasteiger charge is -2.07. The fourth-order valence-electron chi connectivity index (χ4n) is 2.47. The Kier molecular flexibility index (Phi) is 4.70. The second-order valence-electron chi connectivity index (χ2n) is 6.27. The summed E-state index contributed by atoms with van der Waals surface area (Å²) in [7, 11) is 0. The van der Waals surface area contributed by atoms with Gasteiger partial charge in [-0.3, -0.25) is 9.59 Å². The maximum absolute atomic E-state index is 12.5. The normalized spacial score (nSPS) is 14.6. The van der Waals surface area contributed by atoms with Crippen LogP contribution in [0.3, 0.4) is 0 Å². The van der Waals surface area contributed by atoms with Gasteiger partial charge >= 0.3 is 5.97 Å². The standard InChI is InChI=1S/C21H20O4/c1-4-14-5-7-15(8-6-14)11-19-20(22)17-10-9-16(12-18(17)25-19)24-21(23)13(2)3/h5-13H,4H2,1-3H3. The van der Waals surface area contributed by atoms with Gasteiger partial charge in [-0.25, -0.2) is 0 Å². The topological polar surface area (TPSA) is 52.6 Å². The maximum atomic E-state index is 12.5. The third kappa shape index (κ3) is 3.63. The lowest BCUT2D eigenvalue weighted by Crippen LogP contribution is -2.14. The van der Waals surface area contributed by atoms with Crippen LogP contribution in [-0.2, 0) is 11.2 Å². The van der Waals surface area contributed by atoms with Crippen molar-refractivity contribution in [1.29, 1.82) is 0 Å². The zero-order chi connectivity index (χ0) is 18.0. The number of hydrogen-bond donors (Lipinski definition) is 0. The Balaban J connectivity index is 1.82. The molecule has 4 nitrogen and oxygen atoms in total. The average molecular weight is 336 g/mol. The Morgan fingerprint density at radius 3 is 2.52 bits per heavy atom. The Morgan fingerprint density at radius 2 is 1.88 bits per heavy atom. The smallest absolute Gasteiger partial charge is 0.313 e. The van der Waals surface area contributed by atoms with Crippen LogP contribution in [0.1, 0.15) is 42.3 Å². The molecule has 1 aliphatic heterocycles. The van der Waals surface area contributed by atoms with E-state index in [1.54, 1.807) is 38.1 Å². The summed E-state index contributed by atoms with van der Waals surface area (Å²) in [4.78, 5) is 24.2. The van der Waals surface area contributed by atoms with Gasteiger partial charge in [0.25, 0.3) is 0 Å². The second kappa shape index (κ2) is 6.93. The number of fused-ring (bicyclic) bond motifs is 1. The van der Waals surface area contributed by atoms with Crippen LogP contribution >= 0.6 is 0 Å². The highest BCUT2D eigenvalue weighted by atomic mass is 16.5. The van der Waals surface area contributed by atoms with Crippen molar-refractivity contribution < 1.29 is 19.1 Å². The zero-order valence-corrected chi connectivity index (χ0v) is 14.5.